The lowest BCUT2D eigenvalue weighted by molar-refractivity contribution is -0.125. The van der Waals surface area contributed by atoms with Gasteiger partial charge in [-0.3, -0.25) is 14.5 Å². The van der Waals surface area contributed by atoms with E-state index in [9.17, 15) is 9.59 Å². The van der Waals surface area contributed by atoms with Gasteiger partial charge in [-0.2, -0.15) is 0 Å². The lowest BCUT2D eigenvalue weighted by Gasteiger charge is -2.21. The van der Waals surface area contributed by atoms with Crippen LogP contribution in [0.1, 0.15) is 32.1 Å². The minimum atomic E-state index is -0.434. The molecule has 2 fully saturated rings. The molecule has 0 N–H and O–H groups in total. The van der Waals surface area contributed by atoms with Crippen LogP contribution in [-0.2, 0) is 9.59 Å². The van der Waals surface area contributed by atoms with Crippen LogP contribution in [0.3, 0.4) is 0 Å². The molecule has 0 aromatic heterocycles. The normalized spacial score (nSPS) is 21.7. The molecule has 1 aromatic carbocycles. The highest BCUT2D eigenvalue weighted by Crippen LogP contribution is 2.48. The summed E-state index contributed by atoms with van der Waals surface area (Å²) in [5, 5.41) is 0.505. The Bertz CT molecular complexity index is 567. The topological polar surface area (TPSA) is 37.4 Å². The van der Waals surface area contributed by atoms with Crippen molar-refractivity contribution in [1.29, 1.82) is 0 Å². The van der Waals surface area contributed by atoms with Crippen LogP contribution >= 0.6 is 27.5 Å². The third kappa shape index (κ3) is 2.01. The number of rotatable bonds is 1. The summed E-state index contributed by atoms with van der Waals surface area (Å²) in [5.41, 5.74) is 0.142. The number of anilines is 1. The number of hydrogen-bond acceptors (Lipinski definition) is 2. The fourth-order valence-electron chi connectivity index (χ4n) is 3.12. The Labute approximate surface area is 125 Å². The highest BCUT2D eigenvalue weighted by molar-refractivity contribution is 9.10. The van der Waals surface area contributed by atoms with Crippen LogP contribution in [0.25, 0.3) is 0 Å². The van der Waals surface area contributed by atoms with E-state index in [0.29, 0.717) is 17.1 Å². The van der Waals surface area contributed by atoms with E-state index in [4.69, 9.17) is 11.6 Å². The molecule has 5 heteroatoms. The third-order valence-electron chi connectivity index (χ3n) is 4.12. The molecule has 1 saturated heterocycles. The first kappa shape index (κ1) is 13.1. The molecule has 0 bridgehead atoms. The van der Waals surface area contributed by atoms with E-state index < -0.39 is 5.41 Å². The summed E-state index contributed by atoms with van der Waals surface area (Å²) < 4.78 is 0.757. The van der Waals surface area contributed by atoms with E-state index >= 15 is 0 Å². The number of imide groups is 1. The van der Waals surface area contributed by atoms with Crippen LogP contribution < -0.4 is 4.90 Å². The van der Waals surface area contributed by atoms with Crippen molar-refractivity contribution in [3.05, 3.63) is 27.7 Å². The van der Waals surface area contributed by atoms with Gasteiger partial charge in [0.2, 0.25) is 11.8 Å². The van der Waals surface area contributed by atoms with Gasteiger partial charge in [0.05, 0.1) is 16.1 Å². The van der Waals surface area contributed by atoms with Crippen molar-refractivity contribution >= 4 is 45.0 Å². The Morgan fingerprint density at radius 3 is 2.53 bits per heavy atom. The van der Waals surface area contributed by atoms with Gasteiger partial charge in [0.1, 0.15) is 0 Å². The monoisotopic (exact) mass is 341 g/mol. The summed E-state index contributed by atoms with van der Waals surface area (Å²) in [6, 6.07) is 5.17. The van der Waals surface area contributed by atoms with E-state index in [1.165, 1.54) is 4.90 Å². The van der Waals surface area contributed by atoms with Crippen LogP contribution in [0, 0.1) is 5.41 Å². The Morgan fingerprint density at radius 2 is 1.89 bits per heavy atom. The van der Waals surface area contributed by atoms with Gasteiger partial charge in [-0.25, -0.2) is 0 Å². The second kappa shape index (κ2) is 4.60. The van der Waals surface area contributed by atoms with Crippen LogP contribution in [0.5, 0.6) is 0 Å². The number of amides is 2. The van der Waals surface area contributed by atoms with Gasteiger partial charge in [-0.15, -0.1) is 0 Å². The zero-order chi connectivity index (χ0) is 13.6. The molecular weight excluding hydrogens is 330 g/mol. The molecule has 1 spiro atoms. The second-order valence-corrected chi connectivity index (χ2v) is 6.56. The fraction of sp³-hybridized carbons (Fsp3) is 0.429. The van der Waals surface area contributed by atoms with Gasteiger partial charge in [0.15, 0.2) is 0 Å². The van der Waals surface area contributed by atoms with Gasteiger partial charge in [-0.05, 0) is 47.0 Å². The van der Waals surface area contributed by atoms with Crippen molar-refractivity contribution in [3.8, 4) is 0 Å². The van der Waals surface area contributed by atoms with Crippen molar-refractivity contribution in [1.82, 2.24) is 0 Å². The van der Waals surface area contributed by atoms with Crippen molar-refractivity contribution < 1.29 is 9.59 Å². The third-order valence-corrected chi connectivity index (χ3v) is 5.35. The van der Waals surface area contributed by atoms with Gasteiger partial charge < -0.3 is 0 Å². The van der Waals surface area contributed by atoms with Crippen LogP contribution in [0.15, 0.2) is 22.7 Å². The van der Waals surface area contributed by atoms with Crippen molar-refractivity contribution in [2.75, 3.05) is 4.90 Å². The van der Waals surface area contributed by atoms with Crippen molar-refractivity contribution in [2.45, 2.75) is 32.1 Å². The zero-order valence-electron chi connectivity index (χ0n) is 10.3. The summed E-state index contributed by atoms with van der Waals surface area (Å²) in [6.07, 6.45) is 4.08. The smallest absolute Gasteiger partial charge is 0.240 e. The Morgan fingerprint density at radius 1 is 1.21 bits per heavy atom. The largest absolute Gasteiger partial charge is 0.274 e. The maximum absolute atomic E-state index is 12.6. The van der Waals surface area contributed by atoms with Crippen LogP contribution in [-0.4, -0.2) is 11.8 Å². The number of nitrogens with zero attached hydrogens (tertiary/aromatic N) is 1. The minimum Gasteiger partial charge on any atom is -0.274 e. The number of carbonyl (C=O) groups excluding carboxylic acids is 2. The number of benzene rings is 1. The molecule has 2 aliphatic rings. The molecule has 0 atom stereocenters. The molecule has 1 aliphatic carbocycles. The molecule has 1 aliphatic heterocycles. The SMILES string of the molecule is O=C1CC2(CCCC2)C(=O)N1c1ccc(Br)c(Cl)c1. The first-order valence-corrected chi connectivity index (χ1v) is 7.53. The fourth-order valence-corrected chi connectivity index (χ4v) is 3.54. The number of halogens is 2. The Balaban J connectivity index is 1.98. The summed E-state index contributed by atoms with van der Waals surface area (Å²) >= 11 is 9.35. The van der Waals surface area contributed by atoms with E-state index in [0.717, 1.165) is 30.2 Å². The highest BCUT2D eigenvalue weighted by Gasteiger charge is 2.53. The molecule has 1 saturated carbocycles. The highest BCUT2D eigenvalue weighted by atomic mass is 79.9. The lowest BCUT2D eigenvalue weighted by Crippen LogP contribution is -2.34. The first-order valence-electron chi connectivity index (χ1n) is 6.36. The van der Waals surface area contributed by atoms with Gasteiger partial charge >= 0.3 is 0 Å². The minimum absolute atomic E-state index is 0.0478. The summed E-state index contributed by atoms with van der Waals surface area (Å²) in [4.78, 5) is 26.1. The standard InChI is InChI=1S/C14H13BrClNO2/c15-10-4-3-9(7-11(10)16)17-12(18)8-14(13(17)19)5-1-2-6-14/h3-4,7H,1-2,5-6,8H2. The van der Waals surface area contributed by atoms with Crippen molar-refractivity contribution in [2.24, 2.45) is 5.41 Å². The molecule has 3 nitrogen and oxygen atoms in total. The van der Waals surface area contributed by atoms with E-state index in [2.05, 4.69) is 15.9 Å². The van der Waals surface area contributed by atoms with Crippen molar-refractivity contribution in [3.63, 3.8) is 0 Å². The molecule has 0 radical (unpaired) electrons. The molecule has 100 valence electrons. The quantitative estimate of drug-likeness (QED) is 0.725. The van der Waals surface area contributed by atoms with E-state index in [1.807, 2.05) is 0 Å². The first-order chi connectivity index (χ1) is 9.03. The molecule has 19 heavy (non-hydrogen) atoms. The summed E-state index contributed by atoms with van der Waals surface area (Å²) in [7, 11) is 0. The summed E-state index contributed by atoms with van der Waals surface area (Å²) in [5.74, 6) is -0.154. The summed E-state index contributed by atoms with van der Waals surface area (Å²) in [6.45, 7) is 0. The molecular formula is C14H13BrClNO2. The van der Waals surface area contributed by atoms with Gasteiger partial charge in [0.25, 0.3) is 0 Å². The molecule has 3 rings (SSSR count). The maximum atomic E-state index is 12.6. The second-order valence-electron chi connectivity index (χ2n) is 5.30. The van der Waals surface area contributed by atoms with Crippen LogP contribution in [0.4, 0.5) is 5.69 Å². The molecule has 0 unspecified atom stereocenters. The molecule has 2 amide bonds. The Kier molecular flexibility index (Phi) is 3.18. The molecule has 1 heterocycles. The predicted molar refractivity (Wildman–Crippen MR) is 77.2 cm³/mol. The lowest BCUT2D eigenvalue weighted by atomic mass is 9.84. The Hall–Kier alpha value is -0.870. The van der Waals surface area contributed by atoms with Gasteiger partial charge in [-0.1, -0.05) is 24.4 Å². The van der Waals surface area contributed by atoms with E-state index in [1.54, 1.807) is 18.2 Å². The zero-order valence-corrected chi connectivity index (χ0v) is 12.6. The predicted octanol–water partition coefficient (Wildman–Crippen LogP) is 3.93. The number of hydrogen-bond donors (Lipinski definition) is 0. The molecule has 1 aromatic rings. The average molecular weight is 343 g/mol. The van der Waals surface area contributed by atoms with Crippen LogP contribution in [0.2, 0.25) is 5.02 Å². The van der Waals surface area contributed by atoms with E-state index in [-0.39, 0.29) is 11.8 Å². The maximum Gasteiger partial charge on any atom is 0.240 e. The average Bonchev–Trinajstić information content (AvgIpc) is 2.91. The number of carbonyl (C=O) groups is 2. The van der Waals surface area contributed by atoms with Gasteiger partial charge in [0, 0.05) is 10.9 Å².